The van der Waals surface area contributed by atoms with Gasteiger partial charge in [0.25, 0.3) is 0 Å². The van der Waals surface area contributed by atoms with Gasteiger partial charge >= 0.3 is 0 Å². The molecule has 0 radical (unpaired) electrons. The van der Waals surface area contributed by atoms with Crippen LogP contribution >= 0.6 is 27.5 Å². The number of halogens is 2. The summed E-state index contributed by atoms with van der Waals surface area (Å²) < 4.78 is 13.1. The third-order valence-electron chi connectivity index (χ3n) is 5.61. The lowest BCUT2D eigenvalue weighted by Gasteiger charge is -2.32. The highest BCUT2D eigenvalue weighted by molar-refractivity contribution is 9.10. The van der Waals surface area contributed by atoms with Crippen molar-refractivity contribution >= 4 is 27.5 Å². The molecule has 27 heavy (non-hydrogen) atoms. The van der Waals surface area contributed by atoms with Gasteiger partial charge in [-0.1, -0.05) is 70.9 Å². The minimum Gasteiger partial charge on any atom is -0.491 e. The number of hydrogen-bond donors (Lipinski definition) is 0. The quantitative estimate of drug-likeness (QED) is 0.544. The Morgan fingerprint density at radius 3 is 2.81 bits per heavy atom. The Balaban J connectivity index is 1.38. The second kappa shape index (κ2) is 7.83. The monoisotopic (exact) mass is 444 g/mol. The molecule has 2 aliphatic rings. The van der Waals surface area contributed by atoms with Gasteiger partial charge in [-0.25, -0.2) is 0 Å². The summed E-state index contributed by atoms with van der Waals surface area (Å²) in [6.45, 7) is 3.57. The van der Waals surface area contributed by atoms with E-state index in [1.165, 1.54) is 5.56 Å². The van der Waals surface area contributed by atoms with Crippen LogP contribution in [0.25, 0.3) is 0 Å². The van der Waals surface area contributed by atoms with Crippen LogP contribution in [0.3, 0.4) is 0 Å². The Labute approximate surface area is 174 Å². The molecule has 2 nitrogen and oxygen atoms in total. The van der Waals surface area contributed by atoms with Gasteiger partial charge < -0.3 is 9.47 Å². The number of benzene rings is 2. The molecule has 0 bridgehead atoms. The van der Waals surface area contributed by atoms with Gasteiger partial charge in [0.2, 0.25) is 0 Å². The highest BCUT2D eigenvalue weighted by atomic mass is 79.9. The minimum atomic E-state index is 0.0200. The summed E-state index contributed by atoms with van der Waals surface area (Å²) >= 11 is 9.80. The van der Waals surface area contributed by atoms with E-state index in [9.17, 15) is 0 Å². The number of allylic oxidation sites excluding steroid dienone is 2. The third-order valence-corrected chi connectivity index (χ3v) is 6.47. The van der Waals surface area contributed by atoms with Crippen molar-refractivity contribution in [1.82, 2.24) is 0 Å². The molecule has 1 aliphatic heterocycles. The fourth-order valence-electron chi connectivity index (χ4n) is 3.77. The van der Waals surface area contributed by atoms with Gasteiger partial charge in [-0.3, -0.25) is 0 Å². The Hall–Kier alpha value is -1.55. The Morgan fingerprint density at radius 1 is 1.19 bits per heavy atom. The molecule has 3 atom stereocenters. The normalized spacial score (nSPS) is 26.2. The molecule has 2 aromatic rings. The van der Waals surface area contributed by atoms with Crippen LogP contribution in [-0.2, 0) is 11.2 Å². The van der Waals surface area contributed by atoms with Crippen molar-refractivity contribution in [3.8, 4) is 5.75 Å². The van der Waals surface area contributed by atoms with Crippen LogP contribution in [-0.4, -0.2) is 19.3 Å². The molecule has 4 rings (SSSR count). The van der Waals surface area contributed by atoms with Gasteiger partial charge in [0.1, 0.15) is 18.5 Å². The zero-order chi connectivity index (χ0) is 18.9. The number of rotatable bonds is 5. The maximum atomic E-state index is 6.30. The molecular formula is C23H22BrClO2. The van der Waals surface area contributed by atoms with E-state index in [-0.39, 0.29) is 11.5 Å². The second-order valence-corrected chi connectivity index (χ2v) is 8.73. The summed E-state index contributed by atoms with van der Waals surface area (Å²) in [6.07, 6.45) is 9.57. The summed E-state index contributed by atoms with van der Waals surface area (Å²) in [4.78, 5) is 0. The first-order valence-corrected chi connectivity index (χ1v) is 10.3. The average Bonchev–Trinajstić information content (AvgIpc) is 3.00. The van der Waals surface area contributed by atoms with E-state index in [1.54, 1.807) is 0 Å². The molecule has 4 heteroatoms. The van der Waals surface area contributed by atoms with E-state index in [0.29, 0.717) is 12.5 Å². The van der Waals surface area contributed by atoms with Crippen molar-refractivity contribution in [3.63, 3.8) is 0 Å². The van der Waals surface area contributed by atoms with Crippen molar-refractivity contribution in [2.24, 2.45) is 11.3 Å². The largest absolute Gasteiger partial charge is 0.491 e. The maximum Gasteiger partial charge on any atom is 0.119 e. The molecule has 1 saturated heterocycles. The summed E-state index contributed by atoms with van der Waals surface area (Å²) in [7, 11) is 0. The Bertz CT molecular complexity index is 874. The van der Waals surface area contributed by atoms with Crippen LogP contribution < -0.4 is 4.74 Å². The van der Waals surface area contributed by atoms with Gasteiger partial charge in [0.15, 0.2) is 0 Å². The molecule has 1 heterocycles. The smallest absolute Gasteiger partial charge is 0.119 e. The topological polar surface area (TPSA) is 18.5 Å². The fraction of sp³-hybridized carbons (Fsp3) is 0.304. The van der Waals surface area contributed by atoms with Crippen LogP contribution in [0.15, 0.2) is 71.2 Å². The highest BCUT2D eigenvalue weighted by Crippen LogP contribution is 2.43. The predicted octanol–water partition coefficient (Wildman–Crippen LogP) is 6.22. The van der Waals surface area contributed by atoms with Gasteiger partial charge in [0.05, 0.1) is 6.61 Å². The van der Waals surface area contributed by atoms with Crippen molar-refractivity contribution in [3.05, 3.63) is 87.4 Å². The van der Waals surface area contributed by atoms with Crippen molar-refractivity contribution in [1.29, 1.82) is 0 Å². The first kappa shape index (κ1) is 18.8. The second-order valence-electron chi connectivity index (χ2n) is 7.41. The standard InChI is InChI=1S/C23H22BrClO2/c1-23-11-3-2-4-18(23)14-27-22(23)15-26-20-8-5-16(6-9-20)12-17-13-19(24)7-10-21(17)25/h2-11,13,18,22H,12,14-15H2,1H3. The summed E-state index contributed by atoms with van der Waals surface area (Å²) in [5, 5.41) is 0.786. The van der Waals surface area contributed by atoms with Gasteiger partial charge in [-0.2, -0.15) is 0 Å². The SMILES string of the molecule is CC12C=CC=CC1COC2COc1ccc(Cc2cc(Br)ccc2Cl)cc1. The van der Waals surface area contributed by atoms with Crippen molar-refractivity contribution < 1.29 is 9.47 Å². The lowest BCUT2D eigenvalue weighted by Crippen LogP contribution is -2.35. The summed E-state index contributed by atoms with van der Waals surface area (Å²) in [6, 6.07) is 14.2. The zero-order valence-electron chi connectivity index (χ0n) is 15.2. The first-order valence-electron chi connectivity index (χ1n) is 9.18. The van der Waals surface area contributed by atoms with Crippen LogP contribution in [0, 0.1) is 11.3 Å². The molecule has 140 valence electrons. The summed E-state index contributed by atoms with van der Waals surface area (Å²) in [5.74, 6) is 1.30. The molecule has 0 N–H and O–H groups in total. The fourth-order valence-corrected chi connectivity index (χ4v) is 4.37. The predicted molar refractivity (Wildman–Crippen MR) is 114 cm³/mol. The van der Waals surface area contributed by atoms with Gasteiger partial charge in [-0.15, -0.1) is 0 Å². The van der Waals surface area contributed by atoms with Crippen molar-refractivity contribution in [2.75, 3.05) is 13.2 Å². The Morgan fingerprint density at radius 2 is 2.00 bits per heavy atom. The highest BCUT2D eigenvalue weighted by Gasteiger charge is 2.46. The lowest BCUT2D eigenvalue weighted by atomic mass is 9.73. The average molecular weight is 446 g/mol. The van der Waals surface area contributed by atoms with Crippen LogP contribution in [0.1, 0.15) is 18.1 Å². The third kappa shape index (κ3) is 4.01. The molecule has 3 unspecified atom stereocenters. The Kier molecular flexibility index (Phi) is 5.45. The van der Waals surface area contributed by atoms with E-state index in [1.807, 2.05) is 24.3 Å². The van der Waals surface area contributed by atoms with Gasteiger partial charge in [0, 0.05) is 20.8 Å². The number of fused-ring (bicyclic) bond motifs is 1. The van der Waals surface area contributed by atoms with E-state index in [4.69, 9.17) is 21.1 Å². The first-order chi connectivity index (χ1) is 13.0. The zero-order valence-corrected chi connectivity index (χ0v) is 17.5. The minimum absolute atomic E-state index is 0.0200. The molecule has 0 aromatic heterocycles. The van der Waals surface area contributed by atoms with E-state index < -0.39 is 0 Å². The van der Waals surface area contributed by atoms with Crippen LogP contribution in [0.4, 0.5) is 0 Å². The summed E-state index contributed by atoms with van der Waals surface area (Å²) in [5.41, 5.74) is 2.33. The van der Waals surface area contributed by atoms with Gasteiger partial charge in [-0.05, 0) is 47.9 Å². The van der Waals surface area contributed by atoms with E-state index in [2.05, 4.69) is 65.4 Å². The molecule has 1 fully saturated rings. The van der Waals surface area contributed by atoms with Crippen molar-refractivity contribution in [2.45, 2.75) is 19.4 Å². The maximum absolute atomic E-state index is 6.30. The molecule has 0 amide bonds. The number of hydrogen-bond acceptors (Lipinski definition) is 2. The van der Waals surface area contributed by atoms with E-state index in [0.717, 1.165) is 33.8 Å². The van der Waals surface area contributed by atoms with Crippen LogP contribution in [0.5, 0.6) is 5.75 Å². The lowest BCUT2D eigenvalue weighted by molar-refractivity contribution is 0.0333. The molecule has 2 aromatic carbocycles. The molecular weight excluding hydrogens is 424 g/mol. The molecule has 1 aliphatic carbocycles. The van der Waals surface area contributed by atoms with Crippen LogP contribution in [0.2, 0.25) is 5.02 Å². The molecule has 0 saturated carbocycles. The number of ether oxygens (including phenoxy) is 2. The molecule has 0 spiro atoms. The van der Waals surface area contributed by atoms with E-state index >= 15 is 0 Å².